The Morgan fingerprint density at radius 1 is 1.12 bits per heavy atom. The van der Waals surface area contributed by atoms with Crippen LogP contribution in [0, 0.1) is 5.82 Å². The van der Waals surface area contributed by atoms with Crippen molar-refractivity contribution >= 4 is 29.5 Å². The maximum atomic E-state index is 13.2. The first kappa shape index (κ1) is 16.8. The van der Waals surface area contributed by atoms with E-state index in [0.29, 0.717) is 0 Å². The molecule has 1 aliphatic rings. The van der Waals surface area contributed by atoms with Crippen LogP contribution in [0.4, 0.5) is 4.39 Å². The third-order valence-electron chi connectivity index (χ3n) is 4.24. The topological polar surface area (TPSA) is 9.23 Å². The van der Waals surface area contributed by atoms with Gasteiger partial charge in [0.1, 0.15) is 11.6 Å². The first-order valence-electron chi connectivity index (χ1n) is 8.11. The van der Waals surface area contributed by atoms with E-state index >= 15 is 0 Å². The van der Waals surface area contributed by atoms with Crippen molar-refractivity contribution in [3.63, 3.8) is 0 Å². The average Bonchev–Trinajstić information content (AvgIpc) is 2.93. The molecular weight excluding hydrogens is 319 g/mol. The molecule has 1 aliphatic carbocycles. The minimum atomic E-state index is -0.209. The van der Waals surface area contributed by atoms with E-state index in [1.807, 2.05) is 12.1 Å². The molecule has 0 atom stereocenters. The van der Waals surface area contributed by atoms with Gasteiger partial charge in [0.05, 0.1) is 7.11 Å². The Morgan fingerprint density at radius 2 is 1.88 bits per heavy atom. The van der Waals surface area contributed by atoms with E-state index in [9.17, 15) is 4.39 Å². The molecule has 2 aromatic rings. The first-order chi connectivity index (χ1) is 11.7. The van der Waals surface area contributed by atoms with Gasteiger partial charge in [0, 0.05) is 10.5 Å². The van der Waals surface area contributed by atoms with Crippen LogP contribution in [0.2, 0.25) is 0 Å². The zero-order chi connectivity index (χ0) is 17.1. The lowest BCUT2D eigenvalue weighted by molar-refractivity contribution is 0.404. The molecule has 0 spiro atoms. The van der Waals surface area contributed by atoms with Crippen LogP contribution >= 0.6 is 11.8 Å². The van der Waals surface area contributed by atoms with Crippen LogP contribution < -0.4 is 4.74 Å². The van der Waals surface area contributed by atoms with Gasteiger partial charge in [-0.1, -0.05) is 31.5 Å². The quantitative estimate of drug-likeness (QED) is 0.591. The van der Waals surface area contributed by atoms with Gasteiger partial charge in [-0.05, 0) is 65.3 Å². The van der Waals surface area contributed by atoms with Gasteiger partial charge >= 0.3 is 0 Å². The summed E-state index contributed by atoms with van der Waals surface area (Å²) >= 11 is 1.69. The molecule has 0 aromatic heterocycles. The molecule has 1 nitrogen and oxygen atoms in total. The van der Waals surface area contributed by atoms with Crippen LogP contribution in [0.3, 0.4) is 0 Å². The molecule has 0 saturated carbocycles. The van der Waals surface area contributed by atoms with Crippen molar-refractivity contribution in [1.29, 1.82) is 0 Å². The lowest BCUT2D eigenvalue weighted by atomic mass is 9.97. The van der Waals surface area contributed by atoms with Crippen molar-refractivity contribution in [3.8, 4) is 5.75 Å². The van der Waals surface area contributed by atoms with E-state index in [2.05, 4.69) is 37.5 Å². The zero-order valence-corrected chi connectivity index (χ0v) is 15.0. The van der Waals surface area contributed by atoms with Crippen LogP contribution in [-0.2, 0) is 0 Å². The lowest BCUT2D eigenvalue weighted by Crippen LogP contribution is -1.92. The Bertz CT molecular complexity index is 803. The second-order valence-electron chi connectivity index (χ2n) is 5.79. The highest BCUT2D eigenvalue weighted by Gasteiger charge is 2.23. The summed E-state index contributed by atoms with van der Waals surface area (Å²) < 4.78 is 18.8. The van der Waals surface area contributed by atoms with Crippen molar-refractivity contribution in [1.82, 2.24) is 0 Å². The van der Waals surface area contributed by atoms with Gasteiger partial charge in [-0.2, -0.15) is 0 Å². The summed E-state index contributed by atoms with van der Waals surface area (Å²) in [5.74, 6) is 0.732. The van der Waals surface area contributed by atoms with E-state index in [-0.39, 0.29) is 5.82 Å². The number of hydrogen-bond donors (Lipinski definition) is 0. The van der Waals surface area contributed by atoms with Gasteiger partial charge in [0.25, 0.3) is 0 Å². The molecule has 24 heavy (non-hydrogen) atoms. The zero-order valence-electron chi connectivity index (χ0n) is 14.2. The van der Waals surface area contributed by atoms with Crippen molar-refractivity contribution < 1.29 is 9.13 Å². The highest BCUT2D eigenvalue weighted by atomic mass is 32.2. The van der Waals surface area contributed by atoms with Crippen LogP contribution in [0.1, 0.15) is 36.5 Å². The largest absolute Gasteiger partial charge is 0.495 e. The maximum Gasteiger partial charge on any atom is 0.140 e. The van der Waals surface area contributed by atoms with Crippen molar-refractivity contribution in [2.45, 2.75) is 24.7 Å². The third-order valence-corrected chi connectivity index (χ3v) is 5.00. The van der Waals surface area contributed by atoms with E-state index in [0.717, 1.165) is 34.6 Å². The molecule has 0 aliphatic heterocycles. The standard InChI is InChI=1S/C21H21FOS/c1-4-5-15-13-19-17(10-11-20(24-3)21(19)23-2)18(15)12-14-6-8-16(22)9-7-14/h6-13H,4-5H2,1-3H3. The van der Waals surface area contributed by atoms with E-state index in [4.69, 9.17) is 4.74 Å². The summed E-state index contributed by atoms with van der Waals surface area (Å²) in [6, 6.07) is 10.9. The fourth-order valence-electron chi connectivity index (χ4n) is 3.13. The van der Waals surface area contributed by atoms with E-state index < -0.39 is 0 Å². The Kier molecular flexibility index (Phi) is 5.10. The molecule has 0 bridgehead atoms. The van der Waals surface area contributed by atoms with Crippen molar-refractivity contribution in [2.75, 3.05) is 13.4 Å². The fraction of sp³-hybridized carbons (Fsp3) is 0.238. The lowest BCUT2D eigenvalue weighted by Gasteiger charge is -2.12. The summed E-state index contributed by atoms with van der Waals surface area (Å²) in [4.78, 5) is 1.14. The van der Waals surface area contributed by atoms with Gasteiger partial charge in [0.15, 0.2) is 0 Å². The molecule has 3 heteroatoms. The number of rotatable bonds is 5. The Hall–Kier alpha value is -2.00. The van der Waals surface area contributed by atoms with Gasteiger partial charge in [-0.3, -0.25) is 0 Å². The second-order valence-corrected chi connectivity index (χ2v) is 6.64. The minimum absolute atomic E-state index is 0.209. The molecule has 0 unspecified atom stereocenters. The Balaban J connectivity index is 2.14. The number of fused-ring (bicyclic) bond motifs is 1. The van der Waals surface area contributed by atoms with Crippen LogP contribution in [0.15, 0.2) is 46.9 Å². The molecular formula is C21H21FOS. The molecule has 3 rings (SSSR count). The second kappa shape index (κ2) is 7.27. The predicted octanol–water partition coefficient (Wildman–Crippen LogP) is 6.29. The molecule has 0 fully saturated rings. The first-order valence-corrected chi connectivity index (χ1v) is 9.34. The molecule has 2 aromatic carbocycles. The number of benzene rings is 2. The fourth-order valence-corrected chi connectivity index (χ4v) is 3.71. The van der Waals surface area contributed by atoms with E-state index in [1.165, 1.54) is 28.8 Å². The number of thioether (sulfide) groups is 1. The normalized spacial score (nSPS) is 14.7. The van der Waals surface area contributed by atoms with Crippen LogP contribution in [-0.4, -0.2) is 13.4 Å². The number of halogens is 1. The van der Waals surface area contributed by atoms with Gasteiger partial charge in [0.2, 0.25) is 0 Å². The highest BCUT2D eigenvalue weighted by molar-refractivity contribution is 7.98. The maximum absolute atomic E-state index is 13.2. The number of methoxy groups -OCH3 is 1. The monoisotopic (exact) mass is 340 g/mol. The van der Waals surface area contributed by atoms with Crippen molar-refractivity contribution in [2.24, 2.45) is 0 Å². The minimum Gasteiger partial charge on any atom is -0.495 e. The predicted molar refractivity (Wildman–Crippen MR) is 102 cm³/mol. The number of allylic oxidation sites excluding steroid dienone is 2. The number of ether oxygens (including phenoxy) is 1. The van der Waals surface area contributed by atoms with Gasteiger partial charge in [-0.25, -0.2) is 4.39 Å². The molecule has 0 N–H and O–H groups in total. The molecule has 124 valence electrons. The third kappa shape index (κ3) is 3.13. The summed E-state index contributed by atoms with van der Waals surface area (Å²) in [6.45, 7) is 2.18. The number of hydrogen-bond acceptors (Lipinski definition) is 2. The Labute approximate surface area is 147 Å². The van der Waals surface area contributed by atoms with Gasteiger partial charge in [-0.15, -0.1) is 11.8 Å². The molecule has 0 heterocycles. The summed E-state index contributed by atoms with van der Waals surface area (Å²) in [5.41, 5.74) is 5.88. The Morgan fingerprint density at radius 3 is 2.50 bits per heavy atom. The summed E-state index contributed by atoms with van der Waals surface area (Å²) in [5, 5.41) is 0. The van der Waals surface area contributed by atoms with E-state index in [1.54, 1.807) is 18.9 Å². The average molecular weight is 340 g/mol. The highest BCUT2D eigenvalue weighted by Crippen LogP contribution is 2.45. The SMILES string of the molecule is CCCC1=Cc2c(ccc(SC)c2OC)C1=Cc1ccc(F)cc1. The van der Waals surface area contributed by atoms with Crippen molar-refractivity contribution in [3.05, 3.63) is 64.5 Å². The molecule has 0 amide bonds. The smallest absolute Gasteiger partial charge is 0.140 e. The summed E-state index contributed by atoms with van der Waals surface area (Å²) in [6.07, 6.45) is 8.54. The van der Waals surface area contributed by atoms with Gasteiger partial charge < -0.3 is 4.74 Å². The van der Waals surface area contributed by atoms with Crippen LogP contribution in [0.25, 0.3) is 17.7 Å². The molecule has 0 radical (unpaired) electrons. The van der Waals surface area contributed by atoms with Crippen LogP contribution in [0.5, 0.6) is 5.75 Å². The molecule has 0 saturated heterocycles. The summed E-state index contributed by atoms with van der Waals surface area (Å²) in [7, 11) is 1.73.